The van der Waals surface area contributed by atoms with Crippen LogP contribution in [0.5, 0.6) is 5.75 Å². The molecule has 0 aromatic heterocycles. The number of carbonyl (C=O) groups excluding carboxylic acids is 2. The van der Waals surface area contributed by atoms with Gasteiger partial charge in [0.25, 0.3) is 0 Å². The van der Waals surface area contributed by atoms with Crippen LogP contribution in [0.2, 0.25) is 0 Å². The zero-order valence-electron chi connectivity index (χ0n) is 19.5. The Morgan fingerprint density at radius 1 is 1.09 bits per heavy atom. The standard InChI is InChI=1S/C26H31FN2O5/c1-32-22-8-6-19(7-9-22)14-28-15-23(34-18-21-4-2-3-5-24(21)27)16-29(17-25(28)30)26(31)20-10-12-33-13-11-20/h2-9,20,23H,10-18H2,1H3/t23-/m1/s1. The Hall–Kier alpha value is -2.97. The molecule has 2 aromatic carbocycles. The van der Waals surface area contributed by atoms with Crippen molar-refractivity contribution in [3.05, 3.63) is 65.5 Å². The number of carbonyl (C=O) groups is 2. The van der Waals surface area contributed by atoms with Crippen LogP contribution in [0.3, 0.4) is 0 Å². The maximum absolute atomic E-state index is 14.1. The molecular weight excluding hydrogens is 439 g/mol. The summed E-state index contributed by atoms with van der Waals surface area (Å²) < 4.78 is 30.8. The molecular formula is C26H31FN2O5. The molecule has 0 radical (unpaired) electrons. The highest BCUT2D eigenvalue weighted by molar-refractivity contribution is 5.86. The van der Waals surface area contributed by atoms with Crippen LogP contribution in [-0.4, -0.2) is 67.7 Å². The van der Waals surface area contributed by atoms with Crippen LogP contribution in [0.1, 0.15) is 24.0 Å². The van der Waals surface area contributed by atoms with Gasteiger partial charge in [0, 0.05) is 44.3 Å². The van der Waals surface area contributed by atoms with E-state index in [4.69, 9.17) is 14.2 Å². The van der Waals surface area contributed by atoms with Gasteiger partial charge in [-0.2, -0.15) is 0 Å². The highest BCUT2D eigenvalue weighted by atomic mass is 19.1. The van der Waals surface area contributed by atoms with Crippen LogP contribution in [0.4, 0.5) is 4.39 Å². The van der Waals surface area contributed by atoms with Crippen LogP contribution in [0.25, 0.3) is 0 Å². The number of hydrogen-bond acceptors (Lipinski definition) is 5. The van der Waals surface area contributed by atoms with Gasteiger partial charge in [-0.3, -0.25) is 9.59 Å². The summed E-state index contributed by atoms with van der Waals surface area (Å²) in [7, 11) is 1.61. The molecule has 8 heteroatoms. The second-order valence-electron chi connectivity index (χ2n) is 8.75. The van der Waals surface area contributed by atoms with Crippen molar-refractivity contribution in [2.75, 3.05) is 40.0 Å². The van der Waals surface area contributed by atoms with Gasteiger partial charge in [0.15, 0.2) is 0 Å². The number of benzene rings is 2. The predicted molar refractivity (Wildman–Crippen MR) is 124 cm³/mol. The van der Waals surface area contributed by atoms with E-state index >= 15 is 0 Å². The normalized spacial score (nSPS) is 19.7. The van der Waals surface area contributed by atoms with E-state index in [1.165, 1.54) is 6.07 Å². The van der Waals surface area contributed by atoms with Gasteiger partial charge in [0.05, 0.1) is 26.4 Å². The fourth-order valence-corrected chi connectivity index (χ4v) is 4.38. The molecule has 0 aliphatic carbocycles. The Morgan fingerprint density at radius 2 is 1.82 bits per heavy atom. The molecule has 0 N–H and O–H groups in total. The molecule has 2 fully saturated rings. The lowest BCUT2D eigenvalue weighted by molar-refractivity contribution is -0.143. The fourth-order valence-electron chi connectivity index (χ4n) is 4.38. The van der Waals surface area contributed by atoms with Crippen LogP contribution < -0.4 is 4.74 Å². The molecule has 2 amide bonds. The SMILES string of the molecule is COc1ccc(CN2C[C@@H](OCc3ccccc3F)CN(C(=O)C3CCOCC3)CC2=O)cc1. The lowest BCUT2D eigenvalue weighted by Gasteiger charge is -2.29. The van der Waals surface area contributed by atoms with Crippen molar-refractivity contribution >= 4 is 11.8 Å². The molecule has 2 aliphatic heterocycles. The summed E-state index contributed by atoms with van der Waals surface area (Å²) in [5.41, 5.74) is 1.40. The molecule has 182 valence electrons. The van der Waals surface area contributed by atoms with Gasteiger partial charge in [-0.15, -0.1) is 0 Å². The lowest BCUT2D eigenvalue weighted by Crippen LogP contribution is -2.44. The first-order chi connectivity index (χ1) is 16.5. The van der Waals surface area contributed by atoms with Gasteiger partial charge in [0.2, 0.25) is 11.8 Å². The number of rotatable bonds is 7. The van der Waals surface area contributed by atoms with Gasteiger partial charge in [-0.1, -0.05) is 30.3 Å². The quantitative estimate of drug-likeness (QED) is 0.622. The van der Waals surface area contributed by atoms with E-state index in [9.17, 15) is 14.0 Å². The zero-order valence-corrected chi connectivity index (χ0v) is 19.5. The first-order valence-electron chi connectivity index (χ1n) is 11.7. The summed E-state index contributed by atoms with van der Waals surface area (Å²) >= 11 is 0. The van der Waals surface area contributed by atoms with E-state index in [-0.39, 0.29) is 43.2 Å². The molecule has 2 aliphatic rings. The molecule has 0 saturated carbocycles. The molecule has 7 nitrogen and oxygen atoms in total. The minimum absolute atomic E-state index is 0.00586. The minimum atomic E-state index is -0.437. The molecule has 0 spiro atoms. The summed E-state index contributed by atoms with van der Waals surface area (Å²) in [4.78, 5) is 29.7. The van der Waals surface area contributed by atoms with Crippen LogP contribution in [-0.2, 0) is 32.2 Å². The Balaban J connectivity index is 1.50. The zero-order chi connectivity index (χ0) is 23.9. The molecule has 4 rings (SSSR count). The third-order valence-electron chi connectivity index (χ3n) is 6.37. The summed E-state index contributed by atoms with van der Waals surface area (Å²) in [6.45, 7) is 2.17. The molecule has 34 heavy (non-hydrogen) atoms. The Labute approximate surface area is 199 Å². The van der Waals surface area contributed by atoms with Gasteiger partial charge < -0.3 is 24.0 Å². The highest BCUT2D eigenvalue weighted by Gasteiger charge is 2.34. The van der Waals surface area contributed by atoms with E-state index in [1.807, 2.05) is 24.3 Å². The van der Waals surface area contributed by atoms with E-state index in [2.05, 4.69) is 0 Å². The third kappa shape index (κ3) is 6.12. The van der Waals surface area contributed by atoms with Crippen molar-refractivity contribution in [1.82, 2.24) is 9.80 Å². The number of halogens is 1. The summed E-state index contributed by atoms with van der Waals surface area (Å²) in [5.74, 6) is 0.0836. The van der Waals surface area contributed by atoms with Gasteiger partial charge in [-0.05, 0) is 36.6 Å². The molecule has 0 unspecified atom stereocenters. The van der Waals surface area contributed by atoms with E-state index < -0.39 is 6.10 Å². The Bertz CT molecular complexity index is 977. The summed E-state index contributed by atoms with van der Waals surface area (Å²) in [6, 6.07) is 14.0. The van der Waals surface area contributed by atoms with Crippen LogP contribution >= 0.6 is 0 Å². The van der Waals surface area contributed by atoms with E-state index in [1.54, 1.807) is 35.1 Å². The Kier molecular flexibility index (Phi) is 8.13. The Morgan fingerprint density at radius 3 is 2.53 bits per heavy atom. The second kappa shape index (κ2) is 11.4. The van der Waals surface area contributed by atoms with Crippen molar-refractivity contribution in [1.29, 1.82) is 0 Å². The first-order valence-corrected chi connectivity index (χ1v) is 11.7. The third-order valence-corrected chi connectivity index (χ3v) is 6.37. The summed E-state index contributed by atoms with van der Waals surface area (Å²) in [5, 5.41) is 0. The molecule has 2 heterocycles. The average Bonchev–Trinajstić information content (AvgIpc) is 3.02. The number of methoxy groups -OCH3 is 1. The van der Waals surface area contributed by atoms with Gasteiger partial charge in [0.1, 0.15) is 11.6 Å². The van der Waals surface area contributed by atoms with Crippen molar-refractivity contribution in [2.45, 2.75) is 32.1 Å². The molecule has 1 atom stereocenters. The van der Waals surface area contributed by atoms with E-state index in [0.29, 0.717) is 44.7 Å². The van der Waals surface area contributed by atoms with Gasteiger partial charge in [-0.25, -0.2) is 4.39 Å². The lowest BCUT2D eigenvalue weighted by atomic mass is 9.98. The number of nitrogens with zero attached hydrogens (tertiary/aromatic N) is 2. The molecule has 2 aromatic rings. The first kappa shape index (κ1) is 24.2. The summed E-state index contributed by atoms with van der Waals surface area (Å²) in [6.07, 6.45) is 0.868. The van der Waals surface area contributed by atoms with Crippen LogP contribution in [0, 0.1) is 11.7 Å². The highest BCUT2D eigenvalue weighted by Crippen LogP contribution is 2.22. The van der Waals surface area contributed by atoms with Crippen molar-refractivity contribution in [2.24, 2.45) is 5.92 Å². The number of amides is 2. The largest absolute Gasteiger partial charge is 0.497 e. The average molecular weight is 471 g/mol. The maximum Gasteiger partial charge on any atom is 0.242 e. The number of hydrogen-bond donors (Lipinski definition) is 0. The second-order valence-corrected chi connectivity index (χ2v) is 8.75. The molecule has 0 bridgehead atoms. The van der Waals surface area contributed by atoms with Crippen LogP contribution in [0.15, 0.2) is 48.5 Å². The van der Waals surface area contributed by atoms with Gasteiger partial charge >= 0.3 is 0 Å². The number of ether oxygens (including phenoxy) is 3. The fraction of sp³-hybridized carbons (Fsp3) is 0.462. The predicted octanol–water partition coefficient (Wildman–Crippen LogP) is 3.02. The monoisotopic (exact) mass is 470 g/mol. The minimum Gasteiger partial charge on any atom is -0.497 e. The van der Waals surface area contributed by atoms with Crippen molar-refractivity contribution in [3.8, 4) is 5.75 Å². The van der Waals surface area contributed by atoms with E-state index in [0.717, 1.165) is 11.3 Å². The smallest absolute Gasteiger partial charge is 0.242 e. The van der Waals surface area contributed by atoms with Crippen molar-refractivity contribution < 1.29 is 28.2 Å². The maximum atomic E-state index is 14.1. The topological polar surface area (TPSA) is 68.3 Å². The molecule has 2 saturated heterocycles. The van der Waals surface area contributed by atoms with Crippen molar-refractivity contribution in [3.63, 3.8) is 0 Å².